The van der Waals surface area contributed by atoms with Gasteiger partial charge in [-0.2, -0.15) is 0 Å². The number of nitrogens with zero attached hydrogens (tertiary/aromatic N) is 1. The molecule has 1 aromatic rings. The number of ketones is 2. The van der Waals surface area contributed by atoms with E-state index in [4.69, 9.17) is 5.73 Å². The van der Waals surface area contributed by atoms with Gasteiger partial charge in [0.25, 0.3) is 5.91 Å². The Morgan fingerprint density at radius 1 is 1.19 bits per heavy atom. The van der Waals surface area contributed by atoms with E-state index in [0.717, 1.165) is 30.4 Å². The number of Topliss-reactive ketones (excluding diaryl/α,β-unsaturated/α-hetero) is 2. The number of aliphatic hydroxyl groups excluding tert-OH is 2. The molecule has 0 bridgehead atoms. The van der Waals surface area contributed by atoms with Gasteiger partial charge in [0.2, 0.25) is 5.78 Å². The maximum atomic E-state index is 13.8. The molecular weight excluding hydrogens is 464 g/mol. The summed E-state index contributed by atoms with van der Waals surface area (Å²) >= 11 is 0. The van der Waals surface area contributed by atoms with Crippen molar-refractivity contribution in [3.63, 3.8) is 0 Å². The lowest BCUT2D eigenvalue weighted by Crippen LogP contribution is -2.65. The van der Waals surface area contributed by atoms with Crippen molar-refractivity contribution in [2.45, 2.75) is 57.6 Å². The average Bonchev–Trinajstić information content (AvgIpc) is 2.77. The highest BCUT2D eigenvalue weighted by molar-refractivity contribution is 6.24. The lowest BCUT2D eigenvalue weighted by molar-refractivity contribution is -0.153. The van der Waals surface area contributed by atoms with E-state index in [1.54, 1.807) is 14.1 Å². The summed E-state index contributed by atoms with van der Waals surface area (Å²) in [5, 5.41) is 44.4. The average molecular weight is 499 g/mol. The molecule has 36 heavy (non-hydrogen) atoms. The molecule has 0 saturated heterocycles. The van der Waals surface area contributed by atoms with Crippen LogP contribution < -0.4 is 5.73 Å². The van der Waals surface area contributed by atoms with Crippen LogP contribution in [0.2, 0.25) is 0 Å². The van der Waals surface area contributed by atoms with Crippen LogP contribution in [0.4, 0.5) is 0 Å². The number of hydrogen-bond acceptors (Lipinski definition) is 8. The molecule has 1 amide bonds. The number of aryl methyl sites for hydroxylation is 1. The molecular formula is C27H34N2O7. The highest BCUT2D eigenvalue weighted by Gasteiger charge is 2.64. The molecule has 3 aliphatic carbocycles. The molecule has 0 radical (unpaired) electrons. The molecule has 0 aromatic heterocycles. The molecule has 1 fully saturated rings. The molecule has 0 heterocycles. The summed E-state index contributed by atoms with van der Waals surface area (Å²) in [5.74, 6) is -5.81. The number of nitrogens with two attached hydrogens (primary N) is 1. The standard InChI is InChI=1S/C27H34N2O7/c1-12(2)6-5-7-13-8-9-17(30)19-15(13)10-14-11-16-21(29(3)4)23(32)20(26(28)35)25(34)27(16,36)24(33)18(14)22(19)31/h8-9,12,14,16,21,30-31,34,36H,5-7,10-11H2,1-4H3,(H2,28,35)/t14-,16-,21?,27-/m0/s1. The fourth-order valence-corrected chi connectivity index (χ4v) is 6.24. The van der Waals surface area contributed by atoms with Gasteiger partial charge in [-0.1, -0.05) is 26.3 Å². The Hall–Kier alpha value is -3.17. The summed E-state index contributed by atoms with van der Waals surface area (Å²) < 4.78 is 0. The zero-order chi connectivity index (χ0) is 26.7. The largest absolute Gasteiger partial charge is 0.508 e. The molecule has 1 aromatic carbocycles. The minimum absolute atomic E-state index is 0.0901. The van der Waals surface area contributed by atoms with Crippen LogP contribution in [0.3, 0.4) is 0 Å². The first-order chi connectivity index (χ1) is 16.8. The Labute approximate surface area is 209 Å². The lowest BCUT2D eigenvalue weighted by atomic mass is 9.57. The first-order valence-electron chi connectivity index (χ1n) is 12.3. The van der Waals surface area contributed by atoms with Crippen molar-refractivity contribution in [1.82, 2.24) is 4.90 Å². The van der Waals surface area contributed by atoms with Crippen molar-refractivity contribution in [2.75, 3.05) is 14.1 Å². The molecule has 3 aliphatic rings. The van der Waals surface area contributed by atoms with Gasteiger partial charge in [0.15, 0.2) is 11.4 Å². The number of hydrogen-bond donors (Lipinski definition) is 5. The van der Waals surface area contributed by atoms with E-state index in [1.165, 1.54) is 11.0 Å². The molecule has 6 N–H and O–H groups in total. The molecule has 4 atom stereocenters. The third-order valence-corrected chi connectivity index (χ3v) is 7.93. The van der Waals surface area contributed by atoms with Gasteiger partial charge in [0.1, 0.15) is 22.8 Å². The molecule has 1 saturated carbocycles. The molecule has 0 spiro atoms. The maximum absolute atomic E-state index is 13.8. The number of primary amides is 1. The zero-order valence-electron chi connectivity index (χ0n) is 21.0. The minimum atomic E-state index is -2.62. The zero-order valence-corrected chi connectivity index (χ0v) is 21.0. The van der Waals surface area contributed by atoms with Crippen LogP contribution in [0, 0.1) is 17.8 Å². The van der Waals surface area contributed by atoms with E-state index in [-0.39, 0.29) is 23.3 Å². The number of aliphatic hydroxyl groups is 3. The van der Waals surface area contributed by atoms with E-state index in [0.29, 0.717) is 12.3 Å². The number of likely N-dealkylation sites (N-methyl/N-ethyl adjacent to an activating group) is 1. The van der Waals surface area contributed by atoms with Crippen LogP contribution >= 0.6 is 0 Å². The maximum Gasteiger partial charge on any atom is 0.255 e. The van der Waals surface area contributed by atoms with Crippen molar-refractivity contribution in [2.24, 2.45) is 23.5 Å². The number of amides is 1. The number of phenols is 1. The highest BCUT2D eigenvalue weighted by Crippen LogP contribution is 2.53. The van der Waals surface area contributed by atoms with Crippen LogP contribution in [0.1, 0.15) is 49.8 Å². The van der Waals surface area contributed by atoms with Crippen LogP contribution in [-0.2, 0) is 27.2 Å². The topological polar surface area (TPSA) is 161 Å². The van der Waals surface area contributed by atoms with Crippen LogP contribution in [0.25, 0.3) is 5.76 Å². The third kappa shape index (κ3) is 3.72. The summed E-state index contributed by atoms with van der Waals surface area (Å²) in [6, 6.07) is 2.22. The second-order valence-corrected chi connectivity index (χ2v) is 10.8. The molecule has 0 aliphatic heterocycles. The van der Waals surface area contributed by atoms with E-state index in [9.17, 15) is 34.8 Å². The van der Waals surface area contributed by atoms with E-state index in [2.05, 4.69) is 13.8 Å². The smallest absolute Gasteiger partial charge is 0.255 e. The van der Waals surface area contributed by atoms with Crippen molar-refractivity contribution >= 4 is 23.2 Å². The van der Waals surface area contributed by atoms with Gasteiger partial charge in [-0.3, -0.25) is 19.3 Å². The summed E-state index contributed by atoms with van der Waals surface area (Å²) in [6.07, 6.45) is 3.08. The van der Waals surface area contributed by atoms with E-state index in [1.807, 2.05) is 6.07 Å². The van der Waals surface area contributed by atoms with Crippen molar-refractivity contribution < 1.29 is 34.8 Å². The van der Waals surface area contributed by atoms with Crippen LogP contribution in [0.5, 0.6) is 5.75 Å². The summed E-state index contributed by atoms with van der Waals surface area (Å²) in [5.41, 5.74) is 3.63. The van der Waals surface area contributed by atoms with Crippen molar-refractivity contribution in [3.8, 4) is 5.75 Å². The predicted molar refractivity (Wildman–Crippen MR) is 132 cm³/mol. The van der Waals surface area contributed by atoms with Crippen molar-refractivity contribution in [3.05, 3.63) is 45.7 Å². The number of aromatic hydroxyl groups is 1. The first-order valence-corrected chi connectivity index (χ1v) is 12.3. The normalized spacial score (nSPS) is 27.9. The SMILES string of the molecule is CC(C)CCCc1ccc(O)c2c1C[C@H]1C[C@H]3C(N(C)C)C(=O)C(C(N)=O)=C(O)[C@@]3(O)C(=O)C1=C2O. The monoisotopic (exact) mass is 498 g/mol. The van der Waals surface area contributed by atoms with Gasteiger partial charge in [0, 0.05) is 11.5 Å². The fraction of sp³-hybridized carbons (Fsp3) is 0.519. The number of fused-ring (bicyclic) bond motifs is 3. The molecule has 194 valence electrons. The Morgan fingerprint density at radius 2 is 1.86 bits per heavy atom. The number of benzene rings is 1. The second-order valence-electron chi connectivity index (χ2n) is 10.8. The van der Waals surface area contributed by atoms with Gasteiger partial charge < -0.3 is 26.2 Å². The lowest BCUT2D eigenvalue weighted by Gasteiger charge is -2.50. The highest BCUT2D eigenvalue weighted by atomic mass is 16.3. The molecule has 9 heteroatoms. The van der Waals surface area contributed by atoms with Gasteiger partial charge in [-0.25, -0.2) is 0 Å². The molecule has 9 nitrogen and oxygen atoms in total. The van der Waals surface area contributed by atoms with Crippen LogP contribution in [0.15, 0.2) is 29.0 Å². The Kier molecular flexibility index (Phi) is 6.51. The molecule has 1 unspecified atom stereocenters. The van der Waals surface area contributed by atoms with Gasteiger partial charge in [-0.15, -0.1) is 0 Å². The Balaban J connectivity index is 1.88. The fourth-order valence-electron chi connectivity index (χ4n) is 6.24. The summed E-state index contributed by atoms with van der Waals surface area (Å²) in [7, 11) is 3.16. The van der Waals surface area contributed by atoms with E-state index < -0.39 is 58.0 Å². The van der Waals surface area contributed by atoms with Gasteiger partial charge >= 0.3 is 0 Å². The second kappa shape index (κ2) is 9.05. The number of carbonyl (C=O) groups is 3. The number of phenolic OH excluding ortho intramolecular Hbond substituents is 1. The Morgan fingerprint density at radius 3 is 2.44 bits per heavy atom. The van der Waals surface area contributed by atoms with Gasteiger partial charge in [0.05, 0.1) is 11.6 Å². The van der Waals surface area contributed by atoms with Crippen molar-refractivity contribution in [1.29, 1.82) is 0 Å². The van der Waals surface area contributed by atoms with Gasteiger partial charge in [-0.05, 0) is 68.8 Å². The predicted octanol–water partition coefficient (Wildman–Crippen LogP) is 1.94. The Bertz CT molecular complexity index is 1210. The molecule has 4 rings (SSSR count). The van der Waals surface area contributed by atoms with Crippen LogP contribution in [-0.4, -0.2) is 68.5 Å². The third-order valence-electron chi connectivity index (χ3n) is 7.93. The number of carbonyl (C=O) groups excluding carboxylic acids is 3. The quantitative estimate of drug-likeness (QED) is 0.372. The van der Waals surface area contributed by atoms with E-state index >= 15 is 0 Å². The number of rotatable bonds is 6. The summed E-state index contributed by atoms with van der Waals surface area (Å²) in [4.78, 5) is 40.5. The summed E-state index contributed by atoms with van der Waals surface area (Å²) in [6.45, 7) is 4.28. The minimum Gasteiger partial charge on any atom is -0.508 e. The first kappa shape index (κ1) is 25.9.